The molecule has 0 aliphatic heterocycles. The molecule has 0 bridgehead atoms. The maximum atomic E-state index is 13.0. The summed E-state index contributed by atoms with van der Waals surface area (Å²) in [4.78, 5) is 72.4. The van der Waals surface area contributed by atoms with E-state index < -0.39 is 97.5 Å². The predicted octanol–water partition coefficient (Wildman–Crippen LogP) is 19.1. The van der Waals surface area contributed by atoms with E-state index in [1.807, 2.05) is 0 Å². The van der Waals surface area contributed by atoms with E-state index in [9.17, 15) is 43.2 Å². The van der Waals surface area contributed by atoms with Crippen LogP contribution in [0.3, 0.4) is 0 Å². The van der Waals surface area contributed by atoms with Crippen LogP contribution in [0.4, 0.5) is 0 Å². The van der Waals surface area contributed by atoms with Crippen LogP contribution in [0, 0.1) is 17.8 Å². The number of phosphoric acid groups is 2. The third-order valence-electron chi connectivity index (χ3n) is 16.4. The van der Waals surface area contributed by atoms with Crippen molar-refractivity contribution in [3.63, 3.8) is 0 Å². The molecule has 17 nitrogen and oxygen atoms in total. The summed E-state index contributed by atoms with van der Waals surface area (Å²) in [5.74, 6) is 0.105. The molecule has 0 saturated carbocycles. The van der Waals surface area contributed by atoms with Crippen LogP contribution < -0.4 is 0 Å². The maximum absolute atomic E-state index is 13.0. The van der Waals surface area contributed by atoms with Gasteiger partial charge in [0.25, 0.3) is 0 Å². The van der Waals surface area contributed by atoms with E-state index in [0.29, 0.717) is 25.7 Å². The minimum atomic E-state index is -4.95. The van der Waals surface area contributed by atoms with Crippen LogP contribution in [0.25, 0.3) is 0 Å². The Labute approximate surface area is 530 Å². The van der Waals surface area contributed by atoms with Crippen LogP contribution in [0.15, 0.2) is 0 Å². The van der Waals surface area contributed by atoms with E-state index in [4.69, 9.17) is 37.0 Å². The zero-order valence-electron chi connectivity index (χ0n) is 56.5. The van der Waals surface area contributed by atoms with Crippen LogP contribution in [0.2, 0.25) is 0 Å². The van der Waals surface area contributed by atoms with Crippen LogP contribution in [0.1, 0.15) is 337 Å². The Morgan fingerprint density at radius 2 is 0.586 bits per heavy atom. The number of hydrogen-bond donors (Lipinski definition) is 3. The van der Waals surface area contributed by atoms with Crippen molar-refractivity contribution in [2.45, 2.75) is 356 Å². The summed E-state index contributed by atoms with van der Waals surface area (Å²) in [7, 11) is -9.90. The van der Waals surface area contributed by atoms with E-state index in [1.54, 1.807) is 0 Å². The van der Waals surface area contributed by atoms with Crippen molar-refractivity contribution in [3.8, 4) is 0 Å². The zero-order valence-corrected chi connectivity index (χ0v) is 58.3. The first-order valence-corrected chi connectivity index (χ1v) is 38.4. The summed E-state index contributed by atoms with van der Waals surface area (Å²) in [6.45, 7) is 11.8. The summed E-state index contributed by atoms with van der Waals surface area (Å²) < 4.78 is 68.2. The van der Waals surface area contributed by atoms with Gasteiger partial charge in [-0.2, -0.15) is 0 Å². The Kier molecular flexibility index (Phi) is 57.8. The molecule has 0 rings (SSSR count). The Bertz CT molecular complexity index is 1720. The number of rotatable bonds is 66. The Hall–Kier alpha value is -1.94. The van der Waals surface area contributed by atoms with Gasteiger partial charge >= 0.3 is 39.5 Å². The number of carbonyl (C=O) groups excluding carboxylic acids is 4. The van der Waals surface area contributed by atoms with Crippen molar-refractivity contribution in [1.82, 2.24) is 0 Å². The second-order valence-electron chi connectivity index (χ2n) is 25.5. The maximum Gasteiger partial charge on any atom is 0.472 e. The van der Waals surface area contributed by atoms with Crippen LogP contribution >= 0.6 is 15.6 Å². The number of aliphatic hydroxyl groups is 1. The van der Waals surface area contributed by atoms with Gasteiger partial charge in [0.05, 0.1) is 26.4 Å². The van der Waals surface area contributed by atoms with Gasteiger partial charge in [-0.3, -0.25) is 37.3 Å². The molecule has 0 aliphatic carbocycles. The molecule has 19 heteroatoms. The van der Waals surface area contributed by atoms with Gasteiger partial charge in [0.1, 0.15) is 19.3 Å². The van der Waals surface area contributed by atoms with Crippen molar-refractivity contribution < 1.29 is 80.2 Å². The lowest BCUT2D eigenvalue weighted by Gasteiger charge is -2.21. The van der Waals surface area contributed by atoms with Crippen LogP contribution in [-0.4, -0.2) is 96.7 Å². The molecule has 0 aliphatic rings. The number of aliphatic hydroxyl groups excluding tert-OH is 1. The highest BCUT2D eigenvalue weighted by atomic mass is 31.2. The number of phosphoric ester groups is 2. The second-order valence-corrected chi connectivity index (χ2v) is 28.4. The summed E-state index contributed by atoms with van der Waals surface area (Å²) in [6, 6.07) is 0. The van der Waals surface area contributed by atoms with Crippen LogP contribution in [-0.2, 0) is 65.4 Å². The molecule has 3 N–H and O–H groups in total. The molecule has 87 heavy (non-hydrogen) atoms. The molecule has 0 spiro atoms. The van der Waals surface area contributed by atoms with Gasteiger partial charge in [0.2, 0.25) is 0 Å². The molecule has 0 fully saturated rings. The minimum Gasteiger partial charge on any atom is -0.462 e. The normalized spacial score (nSPS) is 14.9. The van der Waals surface area contributed by atoms with Crippen molar-refractivity contribution in [1.29, 1.82) is 0 Å². The Morgan fingerprint density at radius 1 is 0.333 bits per heavy atom. The Morgan fingerprint density at radius 3 is 0.874 bits per heavy atom. The second kappa shape index (κ2) is 59.1. The van der Waals surface area contributed by atoms with Crippen molar-refractivity contribution in [2.75, 3.05) is 39.6 Å². The molecular weight excluding hydrogens is 1150 g/mol. The van der Waals surface area contributed by atoms with Crippen molar-refractivity contribution in [3.05, 3.63) is 0 Å². The van der Waals surface area contributed by atoms with Crippen LogP contribution in [0.5, 0.6) is 0 Å². The molecule has 0 saturated heterocycles. The van der Waals surface area contributed by atoms with Gasteiger partial charge in [-0.15, -0.1) is 0 Å². The van der Waals surface area contributed by atoms with Gasteiger partial charge < -0.3 is 33.8 Å². The van der Waals surface area contributed by atoms with E-state index in [0.717, 1.165) is 114 Å². The largest absolute Gasteiger partial charge is 0.472 e. The first-order valence-electron chi connectivity index (χ1n) is 35.4. The van der Waals surface area contributed by atoms with E-state index in [2.05, 4.69) is 48.5 Å². The molecular formula is C68H132O17P2. The van der Waals surface area contributed by atoms with Gasteiger partial charge in [-0.25, -0.2) is 9.13 Å². The van der Waals surface area contributed by atoms with E-state index >= 15 is 0 Å². The molecule has 7 atom stereocenters. The summed E-state index contributed by atoms with van der Waals surface area (Å²) >= 11 is 0. The highest BCUT2D eigenvalue weighted by molar-refractivity contribution is 7.47. The third kappa shape index (κ3) is 60.1. The topological polar surface area (TPSA) is 237 Å². The SMILES string of the molecule is CCCCCCCCCCCCCC(=O)OC[C@H](COP(=O)(O)OC[C@@H](O)COP(=O)(O)OC[C@@H](COC(=O)CCCCCCCCC(C)CC)OC(=O)CCCCCCCCC(C)CC)OC(=O)CCCCCCCCCCCCCCCC(C)C. The van der Waals surface area contributed by atoms with Gasteiger partial charge in [-0.05, 0) is 43.4 Å². The summed E-state index contributed by atoms with van der Waals surface area (Å²) in [6.07, 6.45) is 41.7. The zero-order chi connectivity index (χ0) is 64.5. The number of unbranched alkanes of at least 4 members (excludes halogenated alkanes) is 32. The molecule has 0 aromatic heterocycles. The average molecular weight is 1280 g/mol. The number of esters is 4. The van der Waals surface area contributed by atoms with Crippen molar-refractivity contribution >= 4 is 39.5 Å². The quantitative estimate of drug-likeness (QED) is 0.0222. The van der Waals surface area contributed by atoms with Gasteiger partial charge in [0, 0.05) is 25.7 Å². The number of carbonyl (C=O) groups is 4. The molecule has 0 aromatic carbocycles. The van der Waals surface area contributed by atoms with Gasteiger partial charge in [0.15, 0.2) is 12.2 Å². The van der Waals surface area contributed by atoms with Crippen molar-refractivity contribution in [2.24, 2.45) is 17.8 Å². The number of ether oxygens (including phenoxy) is 4. The molecule has 0 radical (unpaired) electrons. The third-order valence-corrected chi connectivity index (χ3v) is 18.3. The van der Waals surface area contributed by atoms with E-state index in [1.165, 1.54) is 141 Å². The van der Waals surface area contributed by atoms with E-state index in [-0.39, 0.29) is 25.7 Å². The lowest BCUT2D eigenvalue weighted by Crippen LogP contribution is -2.30. The summed E-state index contributed by atoms with van der Waals surface area (Å²) in [5.41, 5.74) is 0. The summed E-state index contributed by atoms with van der Waals surface area (Å²) in [5, 5.41) is 10.6. The molecule has 4 unspecified atom stereocenters. The monoisotopic (exact) mass is 1280 g/mol. The standard InChI is InChI=1S/C68H132O17P2/c1-8-11-12-13-14-15-19-23-26-35-42-49-65(70)78-55-63(84-67(72)51-44-37-27-24-21-18-16-17-20-22-25-32-39-46-59(4)5)57-82-86(74,75)80-53-62(69)54-81-87(76,77)83-58-64(85-68(73)52-45-38-31-29-34-41-48-61(7)10-3)56-79-66(71)50-43-36-30-28-33-40-47-60(6)9-2/h59-64,69H,8-58H2,1-7H3,(H,74,75)(H,76,77)/t60?,61?,62-,63-,64-/m1/s1. The molecule has 516 valence electrons. The first-order chi connectivity index (χ1) is 41.8. The highest BCUT2D eigenvalue weighted by Gasteiger charge is 2.30. The smallest absolute Gasteiger partial charge is 0.462 e. The lowest BCUT2D eigenvalue weighted by atomic mass is 10.00. The molecule has 0 heterocycles. The fourth-order valence-electron chi connectivity index (χ4n) is 10.1. The number of hydrogen-bond acceptors (Lipinski definition) is 15. The molecule has 0 amide bonds. The fourth-order valence-corrected chi connectivity index (χ4v) is 11.7. The van der Waals surface area contributed by atoms with Gasteiger partial charge in [-0.1, -0.05) is 286 Å². The minimum absolute atomic E-state index is 0.102. The lowest BCUT2D eigenvalue weighted by molar-refractivity contribution is -0.161. The highest BCUT2D eigenvalue weighted by Crippen LogP contribution is 2.45. The Balaban J connectivity index is 5.24. The average Bonchev–Trinajstić information content (AvgIpc) is 3.68. The predicted molar refractivity (Wildman–Crippen MR) is 349 cm³/mol. The first kappa shape index (κ1) is 85.1. The molecule has 0 aromatic rings. The fraction of sp³-hybridized carbons (Fsp3) is 0.941.